The molecule has 1 aromatic rings. The zero-order chi connectivity index (χ0) is 25.8. The van der Waals surface area contributed by atoms with Gasteiger partial charge in [-0.2, -0.15) is 0 Å². The Morgan fingerprint density at radius 2 is 1.77 bits per heavy atom. The predicted molar refractivity (Wildman–Crippen MR) is 151 cm³/mol. The zero-order valence-corrected chi connectivity index (χ0v) is 25.0. The highest BCUT2D eigenvalue weighted by molar-refractivity contribution is 14.1. The van der Waals surface area contributed by atoms with Crippen molar-refractivity contribution in [3.8, 4) is 11.5 Å². The van der Waals surface area contributed by atoms with Crippen LogP contribution in [0, 0.1) is 16.0 Å². The number of carbonyl (C=O) groups excluding carboxylic acids is 3. The molecule has 13 heteroatoms. The maximum absolute atomic E-state index is 12.9. The van der Waals surface area contributed by atoms with Crippen LogP contribution in [0.15, 0.2) is 12.1 Å². The Labute approximate surface area is 236 Å². The number of rotatable bonds is 14. The van der Waals surface area contributed by atoms with Crippen molar-refractivity contribution in [3.63, 3.8) is 0 Å². The molecule has 0 aliphatic rings. The minimum atomic E-state index is -0.756. The van der Waals surface area contributed by atoms with Gasteiger partial charge in [-0.3, -0.25) is 24.5 Å². The van der Waals surface area contributed by atoms with Crippen molar-refractivity contribution in [2.75, 3.05) is 25.2 Å². The van der Waals surface area contributed by atoms with Crippen LogP contribution in [0.3, 0.4) is 0 Å². The lowest BCUT2D eigenvalue weighted by atomic mass is 10.0. The number of benzene rings is 1. The van der Waals surface area contributed by atoms with Crippen LogP contribution < -0.4 is 25.4 Å². The van der Waals surface area contributed by atoms with E-state index in [2.05, 4.69) is 16.0 Å². The largest absolute Gasteiger partial charge is 0.493 e. The minimum Gasteiger partial charge on any atom is -0.493 e. The van der Waals surface area contributed by atoms with Gasteiger partial charge in [0, 0.05) is 13.5 Å². The molecule has 1 rings (SSSR count). The minimum absolute atomic E-state index is 0. The standard InChI is InChI=1S/C22H33IN4O7.HI/c1-13(2)9-16(26-21(29)12-23)22(30)25-14(3)15-10-18(33-5)19(11-17(15)27(31)32)34-8-6-7-20(28)24-4;/h10-11,13-14,16H,6-9,12H2,1-5H3,(H,24,28)(H,25,30)(H,26,29);1H. The Morgan fingerprint density at radius 3 is 2.29 bits per heavy atom. The number of hydrogen-bond acceptors (Lipinski definition) is 7. The van der Waals surface area contributed by atoms with Gasteiger partial charge in [0.2, 0.25) is 17.7 Å². The monoisotopic (exact) mass is 720 g/mol. The summed E-state index contributed by atoms with van der Waals surface area (Å²) in [7, 11) is 2.94. The number of alkyl halides is 1. The number of methoxy groups -OCH3 is 1. The molecule has 0 spiro atoms. The summed E-state index contributed by atoms with van der Waals surface area (Å²) in [4.78, 5) is 47.3. The highest BCUT2D eigenvalue weighted by Crippen LogP contribution is 2.37. The second-order valence-corrected chi connectivity index (χ2v) is 8.82. The molecule has 3 N–H and O–H groups in total. The van der Waals surface area contributed by atoms with Crippen LogP contribution in [0.1, 0.15) is 51.6 Å². The second kappa shape index (κ2) is 16.7. The van der Waals surface area contributed by atoms with E-state index in [0.29, 0.717) is 12.8 Å². The lowest BCUT2D eigenvalue weighted by molar-refractivity contribution is -0.385. The van der Waals surface area contributed by atoms with Gasteiger partial charge in [0.1, 0.15) is 6.04 Å². The maximum Gasteiger partial charge on any atom is 0.278 e. The average molecular weight is 720 g/mol. The van der Waals surface area contributed by atoms with Crippen molar-refractivity contribution >= 4 is 70.0 Å². The molecule has 3 amide bonds. The first-order valence-corrected chi connectivity index (χ1v) is 12.4. The molecule has 0 aromatic heterocycles. The molecule has 11 nitrogen and oxygen atoms in total. The Kier molecular flexibility index (Phi) is 15.8. The first-order valence-electron chi connectivity index (χ1n) is 10.9. The van der Waals surface area contributed by atoms with Crippen molar-refractivity contribution in [2.24, 2.45) is 5.92 Å². The fourth-order valence-electron chi connectivity index (χ4n) is 3.21. The topological polar surface area (TPSA) is 149 Å². The third-order valence-electron chi connectivity index (χ3n) is 4.90. The van der Waals surface area contributed by atoms with Crippen molar-refractivity contribution in [1.82, 2.24) is 16.0 Å². The van der Waals surface area contributed by atoms with E-state index in [9.17, 15) is 24.5 Å². The quantitative estimate of drug-likeness (QED) is 0.0879. The van der Waals surface area contributed by atoms with Gasteiger partial charge in [-0.25, -0.2) is 0 Å². The maximum atomic E-state index is 12.9. The average Bonchev–Trinajstić information content (AvgIpc) is 2.79. The molecule has 0 bridgehead atoms. The number of nitro groups is 1. The lowest BCUT2D eigenvalue weighted by Crippen LogP contribution is -2.48. The van der Waals surface area contributed by atoms with E-state index in [4.69, 9.17) is 9.47 Å². The summed E-state index contributed by atoms with van der Waals surface area (Å²) in [6.45, 7) is 5.65. The highest BCUT2D eigenvalue weighted by Gasteiger charge is 2.28. The number of amides is 3. The fourth-order valence-corrected chi connectivity index (χ4v) is 3.43. The number of nitrogens with one attached hydrogen (secondary N) is 3. The molecule has 2 atom stereocenters. The molecule has 35 heavy (non-hydrogen) atoms. The second-order valence-electron chi connectivity index (χ2n) is 8.06. The molecule has 0 fully saturated rings. The molecule has 0 saturated carbocycles. The van der Waals surface area contributed by atoms with Crippen molar-refractivity contribution in [3.05, 3.63) is 27.8 Å². The summed E-state index contributed by atoms with van der Waals surface area (Å²) in [5.41, 5.74) is -0.0111. The molecule has 0 saturated heterocycles. The molecule has 1 aromatic carbocycles. The number of hydrogen-bond donors (Lipinski definition) is 3. The summed E-state index contributed by atoms with van der Waals surface area (Å²) in [6.07, 6.45) is 1.11. The summed E-state index contributed by atoms with van der Waals surface area (Å²) in [6, 6.07) is 1.21. The number of nitrogens with zero attached hydrogens (tertiary/aromatic N) is 1. The van der Waals surface area contributed by atoms with E-state index in [0.717, 1.165) is 0 Å². The van der Waals surface area contributed by atoms with Gasteiger partial charge >= 0.3 is 0 Å². The van der Waals surface area contributed by atoms with Gasteiger partial charge in [0.15, 0.2) is 11.5 Å². The van der Waals surface area contributed by atoms with Crippen LogP contribution in [0.25, 0.3) is 0 Å². The normalized spacial score (nSPS) is 12.1. The van der Waals surface area contributed by atoms with E-state index >= 15 is 0 Å². The number of carbonyl (C=O) groups is 3. The summed E-state index contributed by atoms with van der Waals surface area (Å²) in [5.74, 6) is -0.248. The van der Waals surface area contributed by atoms with E-state index in [-0.39, 0.29) is 81.9 Å². The van der Waals surface area contributed by atoms with E-state index in [1.54, 1.807) is 6.92 Å². The van der Waals surface area contributed by atoms with Gasteiger partial charge in [-0.15, -0.1) is 24.0 Å². The van der Waals surface area contributed by atoms with Crippen molar-refractivity contribution in [2.45, 2.75) is 52.1 Å². The highest BCUT2D eigenvalue weighted by atomic mass is 127. The SMILES string of the molecule is CNC(=O)CCCOc1cc([N+](=O)[O-])c(C(C)NC(=O)C(CC(C)C)NC(=O)CI)cc1OC.I. The van der Waals surface area contributed by atoms with Crippen LogP contribution in [0.4, 0.5) is 5.69 Å². The molecule has 0 aliphatic carbocycles. The molecule has 0 aliphatic heterocycles. The van der Waals surface area contributed by atoms with Crippen molar-refractivity contribution < 1.29 is 28.8 Å². The van der Waals surface area contributed by atoms with E-state index < -0.39 is 22.9 Å². The van der Waals surface area contributed by atoms with Gasteiger partial charge in [-0.05, 0) is 31.7 Å². The smallest absolute Gasteiger partial charge is 0.278 e. The number of nitro benzene ring substituents is 1. The van der Waals surface area contributed by atoms with Crippen LogP contribution >= 0.6 is 46.6 Å². The molecule has 0 heterocycles. The molecule has 198 valence electrons. The van der Waals surface area contributed by atoms with Crippen molar-refractivity contribution in [1.29, 1.82) is 0 Å². The first kappa shape index (κ1) is 33.1. The summed E-state index contributed by atoms with van der Waals surface area (Å²) < 4.78 is 11.2. The first-order chi connectivity index (χ1) is 16.0. The summed E-state index contributed by atoms with van der Waals surface area (Å²) >= 11 is 1.91. The Hall–Kier alpha value is -1.91. The van der Waals surface area contributed by atoms with Crippen LogP contribution in [-0.4, -0.2) is 53.9 Å². The molecule has 2 unspecified atom stereocenters. The molecule has 0 radical (unpaired) electrons. The Bertz CT molecular complexity index is 884. The molecular formula is C22H34I2N4O7. The lowest BCUT2D eigenvalue weighted by Gasteiger charge is -2.23. The third kappa shape index (κ3) is 11.1. The number of ether oxygens (including phenoxy) is 2. The fraction of sp³-hybridized carbons (Fsp3) is 0.591. The van der Waals surface area contributed by atoms with Crippen LogP contribution in [-0.2, 0) is 14.4 Å². The number of halogens is 2. The molecular weight excluding hydrogens is 686 g/mol. The van der Waals surface area contributed by atoms with Gasteiger partial charge in [0.05, 0.1) is 40.7 Å². The van der Waals surface area contributed by atoms with E-state index in [1.807, 2.05) is 36.4 Å². The predicted octanol–water partition coefficient (Wildman–Crippen LogP) is 3.27. The van der Waals surface area contributed by atoms with Crippen LogP contribution in [0.2, 0.25) is 0 Å². The van der Waals surface area contributed by atoms with Gasteiger partial charge in [-0.1, -0.05) is 36.4 Å². The third-order valence-corrected chi connectivity index (χ3v) is 5.59. The Balaban J connectivity index is 0.0000116. The zero-order valence-electron chi connectivity index (χ0n) is 20.5. The van der Waals surface area contributed by atoms with Crippen LogP contribution in [0.5, 0.6) is 11.5 Å². The Morgan fingerprint density at radius 1 is 1.11 bits per heavy atom. The van der Waals surface area contributed by atoms with Gasteiger partial charge < -0.3 is 25.4 Å². The van der Waals surface area contributed by atoms with E-state index in [1.165, 1.54) is 26.3 Å². The van der Waals surface area contributed by atoms with Gasteiger partial charge in [0.25, 0.3) is 5.69 Å². The summed E-state index contributed by atoms with van der Waals surface area (Å²) in [5, 5.41) is 19.7.